The number of benzene rings is 1. The molecule has 2 aliphatic carbocycles. The number of nitrogens with zero attached hydrogens (tertiary/aromatic N) is 1. The summed E-state index contributed by atoms with van der Waals surface area (Å²) in [6.45, 7) is 0.191. The first-order valence-electron chi connectivity index (χ1n) is 14.5. The minimum Gasteiger partial charge on any atom is -0.396 e. The minimum atomic E-state index is -3.98. The number of pyridine rings is 1. The van der Waals surface area contributed by atoms with Gasteiger partial charge in [-0.3, -0.25) is 9.52 Å². The number of sulfonamides is 1. The van der Waals surface area contributed by atoms with Crippen LogP contribution in [0.2, 0.25) is 5.15 Å². The van der Waals surface area contributed by atoms with Crippen LogP contribution in [0.3, 0.4) is 0 Å². The van der Waals surface area contributed by atoms with Crippen molar-refractivity contribution < 1.29 is 28.2 Å². The fourth-order valence-corrected chi connectivity index (χ4v) is 6.61. The summed E-state index contributed by atoms with van der Waals surface area (Å²) in [5.74, 6) is -1.04. The summed E-state index contributed by atoms with van der Waals surface area (Å²) in [6.07, 6.45) is 10.6. The molecule has 0 spiro atoms. The van der Waals surface area contributed by atoms with Crippen LogP contribution in [0.15, 0.2) is 66.9 Å². The first kappa shape index (κ1) is 32.3. The standard InChI is InChI=1S/C31H40ClN3O6S/c32-29-13-12-25(21-34-29)27(37)22-33-17-16-31(30(38)35-42(39,40)19-7-18-36)15-14-24(23-8-3-1-4-9-23)20-28(31)41-26-10-5-2-6-11-26/h1,3-4,8-9,12-15,20-21,26-28,33,36-37H,2,5-7,10-11,16-19,22H2,(H,35,38)/t27-,28?,31?/m0/s1. The molecule has 42 heavy (non-hydrogen) atoms. The Labute approximate surface area is 253 Å². The highest BCUT2D eigenvalue weighted by Gasteiger charge is 2.47. The molecule has 1 fully saturated rings. The van der Waals surface area contributed by atoms with E-state index in [2.05, 4.69) is 15.0 Å². The van der Waals surface area contributed by atoms with Gasteiger partial charge in [0, 0.05) is 24.9 Å². The lowest BCUT2D eigenvalue weighted by molar-refractivity contribution is -0.137. The normalized spacial score (nSPS) is 22.0. The third kappa shape index (κ3) is 8.72. The smallest absolute Gasteiger partial charge is 0.246 e. The zero-order chi connectivity index (χ0) is 30.0. The van der Waals surface area contributed by atoms with Crippen LogP contribution in [0.1, 0.15) is 62.2 Å². The number of carbonyl (C=O) groups excluding carboxylic acids is 1. The largest absolute Gasteiger partial charge is 0.396 e. The summed E-state index contributed by atoms with van der Waals surface area (Å²) in [5, 5.41) is 23.3. The molecule has 1 aromatic heterocycles. The SMILES string of the molecule is O=C(NS(=O)(=O)CCCO)C1(CCNC[C@H](O)c2ccc(Cl)nc2)C=CC(c2ccccc2)=CC1OC1CCCCC1. The van der Waals surface area contributed by atoms with E-state index in [1.165, 1.54) is 6.20 Å². The van der Waals surface area contributed by atoms with Gasteiger partial charge in [-0.15, -0.1) is 0 Å². The number of aliphatic hydroxyl groups is 2. The van der Waals surface area contributed by atoms with Crippen molar-refractivity contribution >= 4 is 33.1 Å². The zero-order valence-electron chi connectivity index (χ0n) is 23.6. The van der Waals surface area contributed by atoms with Crippen LogP contribution in [-0.4, -0.2) is 67.2 Å². The number of allylic oxidation sites excluding steroid dienone is 2. The van der Waals surface area contributed by atoms with Gasteiger partial charge in [-0.25, -0.2) is 13.4 Å². The third-order valence-corrected chi connectivity index (χ3v) is 9.37. The molecule has 1 aromatic carbocycles. The van der Waals surface area contributed by atoms with E-state index >= 15 is 0 Å². The van der Waals surface area contributed by atoms with E-state index in [0.29, 0.717) is 17.3 Å². The van der Waals surface area contributed by atoms with E-state index in [4.69, 9.17) is 21.4 Å². The monoisotopic (exact) mass is 617 g/mol. The van der Waals surface area contributed by atoms with Crippen LogP contribution in [-0.2, 0) is 19.6 Å². The molecule has 2 aromatic rings. The van der Waals surface area contributed by atoms with Gasteiger partial charge in [-0.05, 0) is 55.5 Å². The Hall–Kier alpha value is -2.60. The van der Waals surface area contributed by atoms with E-state index in [9.17, 15) is 18.3 Å². The highest BCUT2D eigenvalue weighted by atomic mass is 35.5. The molecular weight excluding hydrogens is 578 g/mol. The molecule has 4 N–H and O–H groups in total. The van der Waals surface area contributed by atoms with E-state index in [-0.39, 0.29) is 37.9 Å². The lowest BCUT2D eigenvalue weighted by Crippen LogP contribution is -2.53. The first-order valence-corrected chi connectivity index (χ1v) is 16.5. The van der Waals surface area contributed by atoms with E-state index in [1.54, 1.807) is 18.2 Å². The summed E-state index contributed by atoms with van der Waals surface area (Å²) in [4.78, 5) is 18.0. The van der Waals surface area contributed by atoms with Crippen LogP contribution < -0.4 is 10.0 Å². The maximum absolute atomic E-state index is 14.0. The highest BCUT2D eigenvalue weighted by Crippen LogP contribution is 2.40. The Kier molecular flexibility index (Phi) is 11.7. The molecule has 2 aliphatic rings. The number of ether oxygens (including phenoxy) is 1. The van der Waals surface area contributed by atoms with Gasteiger partial charge >= 0.3 is 0 Å². The Morgan fingerprint density at radius 3 is 2.60 bits per heavy atom. The number of amides is 1. The quantitative estimate of drug-likeness (QED) is 0.185. The number of carbonyl (C=O) groups is 1. The van der Waals surface area contributed by atoms with Gasteiger partial charge in [0.25, 0.3) is 0 Å². The van der Waals surface area contributed by atoms with Crippen molar-refractivity contribution in [2.45, 2.75) is 63.3 Å². The number of hydrogen-bond acceptors (Lipinski definition) is 8. The van der Waals surface area contributed by atoms with Gasteiger partial charge in [0.15, 0.2) is 0 Å². The van der Waals surface area contributed by atoms with Crippen molar-refractivity contribution in [1.29, 1.82) is 0 Å². The van der Waals surface area contributed by atoms with Gasteiger partial charge in [0.05, 0.1) is 29.5 Å². The molecular formula is C31H40ClN3O6S. The molecule has 11 heteroatoms. The van der Waals surface area contributed by atoms with Crippen molar-refractivity contribution in [3.63, 3.8) is 0 Å². The topological polar surface area (TPSA) is 138 Å². The molecule has 0 aliphatic heterocycles. The van der Waals surface area contributed by atoms with Crippen molar-refractivity contribution in [2.24, 2.45) is 5.41 Å². The highest BCUT2D eigenvalue weighted by molar-refractivity contribution is 7.90. The summed E-state index contributed by atoms with van der Waals surface area (Å²) >= 11 is 5.86. The molecule has 1 saturated carbocycles. The van der Waals surface area contributed by atoms with Gasteiger partial charge in [0.1, 0.15) is 5.15 Å². The third-order valence-electron chi connectivity index (χ3n) is 7.83. The molecule has 1 heterocycles. The number of hydrogen-bond donors (Lipinski definition) is 4. The van der Waals surface area contributed by atoms with Crippen LogP contribution in [0.25, 0.3) is 5.57 Å². The van der Waals surface area contributed by atoms with Crippen molar-refractivity contribution in [1.82, 2.24) is 15.0 Å². The Balaban J connectivity index is 1.59. The van der Waals surface area contributed by atoms with Gasteiger partial charge < -0.3 is 20.3 Å². The lowest BCUT2D eigenvalue weighted by atomic mass is 9.73. The van der Waals surface area contributed by atoms with E-state index in [1.807, 2.05) is 42.5 Å². The van der Waals surface area contributed by atoms with Crippen LogP contribution >= 0.6 is 11.6 Å². The minimum absolute atomic E-state index is 0.0184. The van der Waals surface area contributed by atoms with Crippen molar-refractivity contribution in [3.8, 4) is 0 Å². The Morgan fingerprint density at radius 1 is 1.14 bits per heavy atom. The average molecular weight is 618 g/mol. The maximum Gasteiger partial charge on any atom is 0.246 e. The molecule has 0 bridgehead atoms. The first-order chi connectivity index (χ1) is 20.2. The van der Waals surface area contributed by atoms with Crippen LogP contribution in [0.4, 0.5) is 0 Å². The van der Waals surface area contributed by atoms with E-state index < -0.39 is 33.6 Å². The van der Waals surface area contributed by atoms with Crippen LogP contribution in [0, 0.1) is 5.41 Å². The lowest BCUT2D eigenvalue weighted by Gasteiger charge is -2.40. The second-order valence-electron chi connectivity index (χ2n) is 10.9. The number of nitrogens with one attached hydrogen (secondary N) is 2. The number of rotatable bonds is 14. The summed E-state index contributed by atoms with van der Waals surface area (Å²) in [6, 6.07) is 13.1. The summed E-state index contributed by atoms with van der Waals surface area (Å²) in [7, 11) is -3.98. The molecule has 4 rings (SSSR count). The summed E-state index contributed by atoms with van der Waals surface area (Å²) in [5.41, 5.74) is 1.12. The fourth-order valence-electron chi connectivity index (χ4n) is 5.42. The van der Waals surface area contributed by atoms with Gasteiger partial charge in [-0.2, -0.15) is 0 Å². The number of aliphatic hydroxyl groups excluding tert-OH is 2. The van der Waals surface area contributed by atoms with Gasteiger partial charge in [-0.1, -0.05) is 79.4 Å². The maximum atomic E-state index is 14.0. The van der Waals surface area contributed by atoms with Gasteiger partial charge in [0.2, 0.25) is 15.9 Å². The number of aromatic nitrogens is 1. The number of halogens is 1. The predicted molar refractivity (Wildman–Crippen MR) is 163 cm³/mol. The van der Waals surface area contributed by atoms with Crippen LogP contribution in [0.5, 0.6) is 0 Å². The molecule has 0 saturated heterocycles. The molecule has 2 unspecified atom stereocenters. The second kappa shape index (κ2) is 15.2. The second-order valence-corrected chi connectivity index (χ2v) is 13.1. The fraction of sp³-hybridized carbons (Fsp3) is 0.484. The molecule has 0 radical (unpaired) electrons. The summed E-state index contributed by atoms with van der Waals surface area (Å²) < 4.78 is 34.5. The molecule has 1 amide bonds. The van der Waals surface area contributed by atoms with Crippen molar-refractivity contribution in [2.75, 3.05) is 25.4 Å². The van der Waals surface area contributed by atoms with Crippen molar-refractivity contribution in [3.05, 3.63) is 83.2 Å². The molecule has 3 atom stereocenters. The van der Waals surface area contributed by atoms with E-state index in [0.717, 1.165) is 43.2 Å². The molecule has 9 nitrogen and oxygen atoms in total. The Morgan fingerprint density at radius 2 is 1.90 bits per heavy atom. The predicted octanol–water partition coefficient (Wildman–Crippen LogP) is 3.93. The zero-order valence-corrected chi connectivity index (χ0v) is 25.2. The Bertz CT molecular complexity index is 1330. The molecule has 228 valence electrons. The average Bonchev–Trinajstić information content (AvgIpc) is 3.00.